The summed E-state index contributed by atoms with van der Waals surface area (Å²) in [4.78, 5) is 41.8. The molecule has 184 valence electrons. The van der Waals surface area contributed by atoms with Crippen molar-refractivity contribution in [3.8, 4) is 0 Å². The second-order valence-electron chi connectivity index (χ2n) is 10.6. The number of amides is 1. The Kier molecular flexibility index (Phi) is 5.88. The van der Waals surface area contributed by atoms with Crippen molar-refractivity contribution in [2.75, 3.05) is 6.54 Å². The predicted octanol–water partition coefficient (Wildman–Crippen LogP) is 3.88. The van der Waals surface area contributed by atoms with Crippen LogP contribution in [0.25, 0.3) is 5.57 Å². The summed E-state index contributed by atoms with van der Waals surface area (Å²) >= 11 is 0. The maximum Gasteiger partial charge on any atom is 0.336 e. The fourth-order valence-electron chi connectivity index (χ4n) is 6.15. The number of Topliss-reactive ketones (excluding diaryl/α,β-unsaturated/α-hetero) is 1. The van der Waals surface area contributed by atoms with E-state index in [1.807, 2.05) is 50.8 Å². The van der Waals surface area contributed by atoms with Crippen LogP contribution in [0.1, 0.15) is 62.5 Å². The van der Waals surface area contributed by atoms with E-state index in [-0.39, 0.29) is 29.5 Å². The molecule has 2 atom stereocenters. The van der Waals surface area contributed by atoms with Crippen molar-refractivity contribution in [1.29, 1.82) is 0 Å². The van der Waals surface area contributed by atoms with Crippen molar-refractivity contribution >= 4 is 23.2 Å². The van der Waals surface area contributed by atoms with E-state index >= 15 is 0 Å². The molecule has 0 spiro atoms. The van der Waals surface area contributed by atoms with Gasteiger partial charge in [0, 0.05) is 47.8 Å². The minimum Gasteiger partial charge on any atom is -0.478 e. The van der Waals surface area contributed by atoms with Gasteiger partial charge in [-0.3, -0.25) is 9.59 Å². The van der Waals surface area contributed by atoms with Crippen LogP contribution in [0.2, 0.25) is 0 Å². The number of benzene rings is 2. The number of carboxylic acid groups (broad SMARTS) is 1. The van der Waals surface area contributed by atoms with Gasteiger partial charge in [-0.15, -0.1) is 0 Å². The number of aromatic carboxylic acids is 1. The lowest BCUT2D eigenvalue weighted by atomic mass is 9.85. The summed E-state index contributed by atoms with van der Waals surface area (Å²) in [7, 11) is 0. The Labute approximate surface area is 205 Å². The topological polar surface area (TPSA) is 98.2 Å². The van der Waals surface area contributed by atoms with Crippen molar-refractivity contribution < 1.29 is 24.6 Å². The van der Waals surface area contributed by atoms with E-state index in [9.17, 15) is 24.6 Å². The highest BCUT2D eigenvalue weighted by atomic mass is 16.4. The lowest BCUT2D eigenvalue weighted by Gasteiger charge is -2.43. The molecule has 2 N–H and O–H groups in total. The highest BCUT2D eigenvalue weighted by Gasteiger charge is 2.56. The quantitative estimate of drug-likeness (QED) is 0.680. The Morgan fingerprint density at radius 3 is 2.17 bits per heavy atom. The summed E-state index contributed by atoms with van der Waals surface area (Å²) in [5, 5.41) is 21.9. The molecule has 35 heavy (non-hydrogen) atoms. The minimum atomic E-state index is -2.19. The summed E-state index contributed by atoms with van der Waals surface area (Å²) in [6.45, 7) is 9.84. The standard InChI is InChI=1S/C28H32N2O5/c1-18(31)30-26(2,3)15-20(27(30,4)5)16-29-17-22(19-11-7-6-8-12-19)24(32)28(29,35)23-14-10-9-13-21(23)25(33)34/h6-14,17,20,35H,15-16H2,1-5H3,(H,33,34). The van der Waals surface area contributed by atoms with Crippen LogP contribution < -0.4 is 0 Å². The molecule has 0 aliphatic carbocycles. The van der Waals surface area contributed by atoms with Gasteiger partial charge in [0.2, 0.25) is 17.4 Å². The van der Waals surface area contributed by atoms with Gasteiger partial charge in [-0.1, -0.05) is 48.5 Å². The van der Waals surface area contributed by atoms with Crippen LogP contribution in [0.3, 0.4) is 0 Å². The monoisotopic (exact) mass is 476 g/mol. The van der Waals surface area contributed by atoms with Crippen molar-refractivity contribution in [3.05, 3.63) is 77.5 Å². The average Bonchev–Trinajstić information content (AvgIpc) is 3.14. The fourth-order valence-corrected chi connectivity index (χ4v) is 6.15. The number of carbonyl (C=O) groups is 3. The highest BCUT2D eigenvalue weighted by molar-refractivity contribution is 6.26. The molecule has 1 fully saturated rings. The second kappa shape index (κ2) is 8.34. The number of likely N-dealkylation sites (tertiary alicyclic amines) is 1. The van der Waals surface area contributed by atoms with Crippen molar-refractivity contribution in [1.82, 2.24) is 9.80 Å². The molecule has 7 nitrogen and oxygen atoms in total. The number of ketones is 1. The van der Waals surface area contributed by atoms with Crippen LogP contribution in [-0.2, 0) is 15.3 Å². The first-order valence-corrected chi connectivity index (χ1v) is 11.8. The number of nitrogens with zero attached hydrogens (tertiary/aromatic N) is 2. The van der Waals surface area contributed by atoms with Crippen LogP contribution in [0.4, 0.5) is 0 Å². The lowest BCUT2D eigenvalue weighted by molar-refractivity contribution is -0.150. The highest BCUT2D eigenvalue weighted by Crippen LogP contribution is 2.48. The smallest absolute Gasteiger partial charge is 0.336 e. The normalized spacial score (nSPS) is 25.0. The van der Waals surface area contributed by atoms with E-state index in [0.29, 0.717) is 17.6 Å². The van der Waals surface area contributed by atoms with Gasteiger partial charge in [0.1, 0.15) is 0 Å². The molecular weight excluding hydrogens is 444 g/mol. The Morgan fingerprint density at radius 1 is 1.00 bits per heavy atom. The summed E-state index contributed by atoms with van der Waals surface area (Å²) in [6, 6.07) is 15.1. The Hall–Kier alpha value is -3.45. The summed E-state index contributed by atoms with van der Waals surface area (Å²) in [6.07, 6.45) is 2.30. The zero-order valence-corrected chi connectivity index (χ0v) is 20.8. The maximum absolute atomic E-state index is 13.8. The molecule has 0 radical (unpaired) electrons. The molecule has 2 aromatic rings. The molecule has 1 amide bonds. The van der Waals surface area contributed by atoms with Crippen molar-refractivity contribution in [2.45, 2.75) is 57.8 Å². The zero-order chi connectivity index (χ0) is 25.8. The molecule has 2 aliphatic rings. The Balaban J connectivity index is 1.84. The van der Waals surface area contributed by atoms with Crippen LogP contribution >= 0.6 is 0 Å². The van der Waals surface area contributed by atoms with Crippen LogP contribution in [0.15, 0.2) is 60.8 Å². The van der Waals surface area contributed by atoms with Gasteiger partial charge in [-0.05, 0) is 45.7 Å². The van der Waals surface area contributed by atoms with E-state index in [2.05, 4.69) is 0 Å². The van der Waals surface area contributed by atoms with Gasteiger partial charge < -0.3 is 20.0 Å². The number of carbonyl (C=O) groups excluding carboxylic acids is 2. The molecule has 4 rings (SSSR count). The molecule has 2 aromatic carbocycles. The number of hydrogen-bond acceptors (Lipinski definition) is 5. The molecule has 0 aromatic heterocycles. The van der Waals surface area contributed by atoms with Crippen LogP contribution in [0.5, 0.6) is 0 Å². The number of rotatable bonds is 5. The lowest BCUT2D eigenvalue weighted by Crippen LogP contribution is -2.54. The molecule has 0 bridgehead atoms. The van der Waals surface area contributed by atoms with E-state index in [0.717, 1.165) is 0 Å². The molecule has 2 heterocycles. The molecular formula is C28H32N2O5. The first kappa shape index (κ1) is 24.7. The molecule has 2 unspecified atom stereocenters. The molecule has 1 saturated heterocycles. The van der Waals surface area contributed by atoms with Gasteiger partial charge in [0.15, 0.2) is 0 Å². The largest absolute Gasteiger partial charge is 0.478 e. The van der Waals surface area contributed by atoms with Crippen LogP contribution in [0, 0.1) is 5.92 Å². The molecule has 0 saturated carbocycles. The Bertz CT molecular complexity index is 1220. The first-order valence-electron chi connectivity index (χ1n) is 11.8. The predicted molar refractivity (Wildman–Crippen MR) is 132 cm³/mol. The molecule has 2 aliphatic heterocycles. The number of aliphatic hydroxyl groups is 1. The van der Waals surface area contributed by atoms with Gasteiger partial charge in [-0.25, -0.2) is 4.79 Å². The number of hydrogen-bond donors (Lipinski definition) is 2. The van der Waals surface area contributed by atoms with Crippen LogP contribution in [-0.4, -0.2) is 55.3 Å². The Morgan fingerprint density at radius 2 is 1.60 bits per heavy atom. The summed E-state index contributed by atoms with van der Waals surface area (Å²) < 4.78 is 0. The van der Waals surface area contributed by atoms with E-state index in [1.165, 1.54) is 12.1 Å². The third-order valence-electron chi connectivity index (χ3n) is 7.54. The fraction of sp³-hybridized carbons (Fsp3) is 0.393. The second-order valence-corrected chi connectivity index (χ2v) is 10.6. The van der Waals surface area contributed by atoms with E-state index in [4.69, 9.17) is 0 Å². The summed E-state index contributed by atoms with van der Waals surface area (Å²) in [5.41, 5.74) is -2.30. The van der Waals surface area contributed by atoms with Gasteiger partial charge in [-0.2, -0.15) is 0 Å². The summed E-state index contributed by atoms with van der Waals surface area (Å²) in [5.74, 6) is -1.92. The van der Waals surface area contributed by atoms with Crippen molar-refractivity contribution in [2.24, 2.45) is 5.92 Å². The van der Waals surface area contributed by atoms with E-state index in [1.54, 1.807) is 42.3 Å². The van der Waals surface area contributed by atoms with Gasteiger partial charge in [0.05, 0.1) is 5.56 Å². The molecule has 7 heteroatoms. The van der Waals surface area contributed by atoms with E-state index < -0.39 is 28.6 Å². The van der Waals surface area contributed by atoms with Crippen molar-refractivity contribution in [3.63, 3.8) is 0 Å². The number of carboxylic acids is 1. The average molecular weight is 477 g/mol. The third kappa shape index (κ3) is 3.84. The first-order chi connectivity index (χ1) is 16.3. The van der Waals surface area contributed by atoms with Gasteiger partial charge >= 0.3 is 5.97 Å². The minimum absolute atomic E-state index is 0.0261. The maximum atomic E-state index is 13.8. The third-order valence-corrected chi connectivity index (χ3v) is 7.54. The zero-order valence-electron chi connectivity index (χ0n) is 20.8. The van der Waals surface area contributed by atoms with Gasteiger partial charge in [0.25, 0.3) is 0 Å². The SMILES string of the molecule is CC(=O)N1C(C)(C)CC(CN2C=C(c3ccccc3)C(=O)C2(O)c2ccccc2C(=O)O)C1(C)C.